The molecule has 6 nitrogen and oxygen atoms in total. The highest BCUT2D eigenvalue weighted by molar-refractivity contribution is 6.42. The lowest BCUT2D eigenvalue weighted by Crippen LogP contribution is -2.34. The minimum absolute atomic E-state index is 0.124. The van der Waals surface area contributed by atoms with Gasteiger partial charge < -0.3 is 4.74 Å². The van der Waals surface area contributed by atoms with Crippen molar-refractivity contribution >= 4 is 40.8 Å². The summed E-state index contributed by atoms with van der Waals surface area (Å²) >= 11 is 12.0. The Hall–Kier alpha value is -1.89. The molecule has 140 valence electrons. The van der Waals surface area contributed by atoms with Crippen molar-refractivity contribution in [3.63, 3.8) is 0 Å². The van der Waals surface area contributed by atoms with Gasteiger partial charge in [0.1, 0.15) is 0 Å². The number of aromatic nitrogens is 2. The number of carbonyl (C=O) groups excluding carboxylic acids is 2. The summed E-state index contributed by atoms with van der Waals surface area (Å²) in [4.78, 5) is 27.0. The molecule has 8 heteroatoms. The molecule has 2 bridgehead atoms. The quantitative estimate of drug-likeness (QED) is 0.735. The third-order valence-corrected chi connectivity index (χ3v) is 6.54. The Morgan fingerprint density at radius 2 is 1.74 bits per heavy atom. The average Bonchev–Trinajstić information content (AvgIpc) is 3.37. The normalized spacial score (nSPS) is 29.1. The number of fused-ring (bicyclic) bond motifs is 5. The minimum Gasteiger partial charge on any atom is -0.373 e. The molecule has 2 amide bonds. The van der Waals surface area contributed by atoms with E-state index in [4.69, 9.17) is 27.9 Å². The molecule has 3 aliphatic rings. The highest BCUT2D eigenvalue weighted by Crippen LogP contribution is 2.49. The molecule has 27 heavy (non-hydrogen) atoms. The van der Waals surface area contributed by atoms with Gasteiger partial charge in [0.15, 0.2) is 5.82 Å². The number of anilines is 1. The lowest BCUT2D eigenvalue weighted by Gasteiger charge is -2.15. The second-order valence-corrected chi connectivity index (χ2v) is 8.22. The van der Waals surface area contributed by atoms with E-state index in [1.807, 2.05) is 13.0 Å². The monoisotopic (exact) mass is 405 g/mol. The van der Waals surface area contributed by atoms with Crippen LogP contribution in [-0.2, 0) is 20.9 Å². The predicted molar refractivity (Wildman–Crippen MR) is 99.9 cm³/mol. The molecule has 0 unspecified atom stereocenters. The molecule has 5 rings (SSSR count). The van der Waals surface area contributed by atoms with Crippen LogP contribution in [0.4, 0.5) is 5.82 Å². The minimum atomic E-state index is -0.350. The van der Waals surface area contributed by atoms with Crippen molar-refractivity contribution in [2.75, 3.05) is 4.90 Å². The van der Waals surface area contributed by atoms with Gasteiger partial charge in [-0.05, 0) is 37.5 Å². The molecule has 2 aromatic rings. The SMILES string of the molecule is Cc1cc(N2C(=O)[C@@H]3[C@H](C2=O)[C@H]2CC[C@H]3O2)nn1Cc1ccc(Cl)c(Cl)c1. The van der Waals surface area contributed by atoms with Crippen molar-refractivity contribution in [1.82, 2.24) is 9.78 Å². The Morgan fingerprint density at radius 1 is 1.07 bits per heavy atom. The van der Waals surface area contributed by atoms with E-state index in [0.29, 0.717) is 22.4 Å². The van der Waals surface area contributed by atoms with Gasteiger partial charge in [-0.1, -0.05) is 29.3 Å². The summed E-state index contributed by atoms with van der Waals surface area (Å²) in [7, 11) is 0. The van der Waals surface area contributed by atoms with Crippen LogP contribution < -0.4 is 4.90 Å². The average molecular weight is 406 g/mol. The Labute approximate surface area is 166 Å². The van der Waals surface area contributed by atoms with Gasteiger partial charge >= 0.3 is 0 Å². The summed E-state index contributed by atoms with van der Waals surface area (Å²) in [5, 5.41) is 5.50. The molecule has 0 aliphatic carbocycles. The number of amides is 2. The van der Waals surface area contributed by atoms with Crippen molar-refractivity contribution in [2.24, 2.45) is 11.8 Å². The fraction of sp³-hybridized carbons (Fsp3) is 0.421. The third-order valence-electron chi connectivity index (χ3n) is 5.80. The molecule has 0 N–H and O–H groups in total. The number of benzene rings is 1. The first-order chi connectivity index (χ1) is 12.9. The molecule has 4 heterocycles. The third kappa shape index (κ3) is 2.54. The predicted octanol–water partition coefficient (Wildman–Crippen LogP) is 3.21. The van der Waals surface area contributed by atoms with Crippen LogP contribution in [0.5, 0.6) is 0 Å². The summed E-state index contributed by atoms with van der Waals surface area (Å²) in [5.41, 5.74) is 1.79. The molecule has 3 fully saturated rings. The topological polar surface area (TPSA) is 64.4 Å². The molecule has 3 saturated heterocycles. The van der Waals surface area contributed by atoms with Gasteiger partial charge in [0.2, 0.25) is 11.8 Å². The number of hydrogen-bond acceptors (Lipinski definition) is 4. The van der Waals surface area contributed by atoms with Crippen LogP contribution in [0.1, 0.15) is 24.1 Å². The number of carbonyl (C=O) groups is 2. The molecular weight excluding hydrogens is 389 g/mol. The van der Waals surface area contributed by atoms with Crippen LogP contribution in [-0.4, -0.2) is 33.8 Å². The maximum absolute atomic E-state index is 12.9. The highest BCUT2D eigenvalue weighted by Gasteiger charge is 2.63. The van der Waals surface area contributed by atoms with E-state index in [2.05, 4.69) is 5.10 Å². The number of aryl methyl sites for hydroxylation is 1. The summed E-state index contributed by atoms with van der Waals surface area (Å²) < 4.78 is 7.53. The van der Waals surface area contributed by atoms with Crippen LogP contribution in [0.2, 0.25) is 10.0 Å². The lowest BCUT2D eigenvalue weighted by molar-refractivity contribution is -0.124. The van der Waals surface area contributed by atoms with Crippen LogP contribution >= 0.6 is 23.2 Å². The number of hydrogen-bond donors (Lipinski definition) is 0. The summed E-state index contributed by atoms with van der Waals surface area (Å²) in [6.07, 6.45) is 1.45. The first kappa shape index (κ1) is 17.2. The molecule has 3 aliphatic heterocycles. The van der Waals surface area contributed by atoms with Gasteiger partial charge in [-0.2, -0.15) is 5.10 Å². The Balaban J connectivity index is 1.43. The van der Waals surface area contributed by atoms with Crippen molar-refractivity contribution < 1.29 is 14.3 Å². The molecular formula is C19H17Cl2N3O3. The van der Waals surface area contributed by atoms with Crippen molar-refractivity contribution in [3.8, 4) is 0 Å². The second-order valence-electron chi connectivity index (χ2n) is 7.40. The zero-order valence-corrected chi connectivity index (χ0v) is 16.1. The van der Waals surface area contributed by atoms with Gasteiger partial charge in [0, 0.05) is 11.8 Å². The molecule has 0 saturated carbocycles. The Kier molecular flexibility index (Phi) is 3.86. The lowest BCUT2D eigenvalue weighted by atomic mass is 9.81. The van der Waals surface area contributed by atoms with E-state index in [-0.39, 0.29) is 35.9 Å². The Morgan fingerprint density at radius 3 is 2.37 bits per heavy atom. The maximum Gasteiger partial charge on any atom is 0.241 e. The molecule has 1 aromatic heterocycles. The van der Waals surface area contributed by atoms with Crippen molar-refractivity contribution in [3.05, 3.63) is 45.6 Å². The van der Waals surface area contributed by atoms with Gasteiger partial charge in [-0.3, -0.25) is 14.3 Å². The number of rotatable bonds is 3. The molecule has 1 aromatic carbocycles. The van der Waals surface area contributed by atoms with Gasteiger partial charge in [0.05, 0.1) is 40.6 Å². The van der Waals surface area contributed by atoms with Crippen LogP contribution in [0, 0.1) is 18.8 Å². The van der Waals surface area contributed by atoms with Gasteiger partial charge in [-0.25, -0.2) is 4.90 Å². The van der Waals surface area contributed by atoms with Gasteiger partial charge in [-0.15, -0.1) is 0 Å². The molecule has 0 spiro atoms. The fourth-order valence-electron chi connectivity index (χ4n) is 4.51. The maximum atomic E-state index is 12.9. The van der Waals surface area contributed by atoms with Crippen LogP contribution in [0.3, 0.4) is 0 Å². The van der Waals surface area contributed by atoms with E-state index in [1.54, 1.807) is 22.9 Å². The number of ether oxygens (including phenoxy) is 1. The first-order valence-corrected chi connectivity index (χ1v) is 9.71. The number of halogens is 2. The van der Waals surface area contributed by atoms with E-state index in [1.165, 1.54) is 4.90 Å². The second kappa shape index (κ2) is 6.06. The largest absolute Gasteiger partial charge is 0.373 e. The van der Waals surface area contributed by atoms with Crippen LogP contribution in [0.15, 0.2) is 24.3 Å². The standard InChI is InChI=1S/C19H17Cl2N3O3/c1-9-6-15(22-23(9)8-10-2-3-11(20)12(21)7-10)24-18(25)16-13-4-5-14(27-13)17(16)19(24)26/h2-3,6-7,13-14,16-17H,4-5,8H2,1H3/t13-,14-,16-,17+/m1/s1. The zero-order valence-electron chi connectivity index (χ0n) is 14.6. The first-order valence-electron chi connectivity index (χ1n) is 8.95. The zero-order chi connectivity index (χ0) is 18.9. The van der Waals surface area contributed by atoms with Crippen LogP contribution in [0.25, 0.3) is 0 Å². The number of nitrogens with zero attached hydrogens (tertiary/aromatic N) is 3. The van der Waals surface area contributed by atoms with E-state index in [9.17, 15) is 9.59 Å². The number of imide groups is 1. The van der Waals surface area contributed by atoms with E-state index in [0.717, 1.165) is 24.1 Å². The fourth-order valence-corrected chi connectivity index (χ4v) is 4.83. The summed E-state index contributed by atoms with van der Waals surface area (Å²) in [6, 6.07) is 7.18. The van der Waals surface area contributed by atoms with E-state index < -0.39 is 0 Å². The highest BCUT2D eigenvalue weighted by atomic mass is 35.5. The molecule has 0 radical (unpaired) electrons. The summed E-state index contributed by atoms with van der Waals surface area (Å²) in [6.45, 7) is 2.37. The summed E-state index contributed by atoms with van der Waals surface area (Å²) in [5.74, 6) is -0.683. The Bertz CT molecular complexity index is 945. The van der Waals surface area contributed by atoms with Gasteiger partial charge in [0.25, 0.3) is 0 Å². The molecule has 4 atom stereocenters. The van der Waals surface area contributed by atoms with Crippen molar-refractivity contribution in [1.29, 1.82) is 0 Å². The van der Waals surface area contributed by atoms with Crippen molar-refractivity contribution in [2.45, 2.75) is 38.5 Å². The van der Waals surface area contributed by atoms with E-state index >= 15 is 0 Å². The smallest absolute Gasteiger partial charge is 0.241 e.